The molecule has 1 aliphatic rings. The lowest BCUT2D eigenvalue weighted by molar-refractivity contribution is -0.125. The predicted molar refractivity (Wildman–Crippen MR) is 108 cm³/mol. The van der Waals surface area contributed by atoms with Gasteiger partial charge in [-0.25, -0.2) is 4.98 Å². The molecule has 0 bridgehead atoms. The number of aromatic nitrogens is 2. The van der Waals surface area contributed by atoms with Crippen molar-refractivity contribution in [2.24, 2.45) is 0 Å². The number of amides is 1. The number of carboxylic acid groups (broad SMARTS) is 1. The number of H-pyrrole nitrogens is 1. The molecule has 1 aromatic carbocycles. The molecule has 0 radical (unpaired) electrons. The van der Waals surface area contributed by atoms with E-state index in [1.165, 1.54) is 6.07 Å². The minimum absolute atomic E-state index is 0.109. The summed E-state index contributed by atoms with van der Waals surface area (Å²) in [7, 11) is 0. The van der Waals surface area contributed by atoms with Gasteiger partial charge in [-0.3, -0.25) is 19.3 Å². The van der Waals surface area contributed by atoms with Crippen LogP contribution in [0.15, 0.2) is 41.2 Å². The summed E-state index contributed by atoms with van der Waals surface area (Å²) in [5.74, 6) is 0.904. The van der Waals surface area contributed by atoms with Crippen molar-refractivity contribution in [1.29, 1.82) is 0 Å². The summed E-state index contributed by atoms with van der Waals surface area (Å²) in [4.78, 5) is 41.1. The van der Waals surface area contributed by atoms with E-state index in [2.05, 4.69) is 20.2 Å². The van der Waals surface area contributed by atoms with Crippen LogP contribution in [0.4, 0.5) is 0 Å². The lowest BCUT2D eigenvalue weighted by Gasteiger charge is -2.36. The molecule has 4 N–H and O–H groups in total. The number of para-hydroxylation sites is 1. The number of aromatic amines is 1. The maximum Gasteiger partial charge on any atom is 0.290 e. The van der Waals surface area contributed by atoms with E-state index in [9.17, 15) is 14.7 Å². The smallest absolute Gasteiger partial charge is 0.290 e. The molecule has 30 heavy (non-hydrogen) atoms. The molecule has 1 amide bonds. The van der Waals surface area contributed by atoms with Crippen molar-refractivity contribution in [1.82, 2.24) is 20.2 Å². The van der Waals surface area contributed by atoms with Crippen LogP contribution in [-0.2, 0) is 16.1 Å². The number of ether oxygens (including phenoxy) is 1. The van der Waals surface area contributed by atoms with Crippen LogP contribution in [0.2, 0.25) is 0 Å². The number of aliphatic hydroxyl groups excluding tert-OH is 1. The number of piperidine rings is 1. The summed E-state index contributed by atoms with van der Waals surface area (Å²) in [6.45, 7) is 3.01. The lowest BCUT2D eigenvalue weighted by atomic mass is 10.0. The fourth-order valence-corrected chi connectivity index (χ4v) is 3.16. The van der Waals surface area contributed by atoms with Gasteiger partial charge in [-0.15, -0.1) is 0 Å². The van der Waals surface area contributed by atoms with E-state index in [1.54, 1.807) is 19.1 Å². The van der Waals surface area contributed by atoms with Crippen LogP contribution >= 0.6 is 0 Å². The van der Waals surface area contributed by atoms with E-state index in [-0.39, 0.29) is 24.5 Å². The van der Waals surface area contributed by atoms with Crippen LogP contribution in [0, 0.1) is 6.92 Å². The molecule has 1 fully saturated rings. The van der Waals surface area contributed by atoms with Gasteiger partial charge in [0.2, 0.25) is 0 Å². The Labute approximate surface area is 173 Å². The molecule has 0 aliphatic carbocycles. The summed E-state index contributed by atoms with van der Waals surface area (Å²) in [5, 5.41) is 19.9. The number of nitrogens with zero attached hydrogens (tertiary/aromatic N) is 2. The van der Waals surface area contributed by atoms with E-state index in [1.807, 2.05) is 18.2 Å². The SMILES string of the molecule is Cc1nc(CN2CC[C@@H](O)[C@H](NC(=O)COc3ccccc3)C2)cc(=O)[nH]1.O=CO. The van der Waals surface area contributed by atoms with Gasteiger partial charge >= 0.3 is 0 Å². The zero-order valence-corrected chi connectivity index (χ0v) is 16.7. The average Bonchev–Trinajstić information content (AvgIpc) is 2.70. The van der Waals surface area contributed by atoms with Crippen LogP contribution < -0.4 is 15.6 Å². The van der Waals surface area contributed by atoms with Gasteiger partial charge in [0.1, 0.15) is 11.6 Å². The first kappa shape index (κ1) is 23.0. The minimum Gasteiger partial charge on any atom is -0.484 e. The number of hydrogen-bond donors (Lipinski definition) is 4. The predicted octanol–water partition coefficient (Wildman–Crippen LogP) is -0.0905. The van der Waals surface area contributed by atoms with E-state index >= 15 is 0 Å². The molecular weight excluding hydrogens is 392 g/mol. The number of rotatable bonds is 6. The van der Waals surface area contributed by atoms with Gasteiger partial charge in [0, 0.05) is 25.7 Å². The highest BCUT2D eigenvalue weighted by atomic mass is 16.5. The minimum atomic E-state index is -0.615. The first-order valence-corrected chi connectivity index (χ1v) is 9.43. The number of hydrogen-bond acceptors (Lipinski definition) is 7. The number of likely N-dealkylation sites (tertiary alicyclic amines) is 1. The summed E-state index contributed by atoms with van der Waals surface area (Å²) >= 11 is 0. The van der Waals surface area contributed by atoms with Crippen molar-refractivity contribution in [3.8, 4) is 5.75 Å². The van der Waals surface area contributed by atoms with Crippen LogP contribution in [0.25, 0.3) is 0 Å². The standard InChI is InChI=1S/C19H24N4O4.CH2O2/c1-13-20-14(9-18(25)21-13)10-23-8-7-17(24)16(11-23)22-19(26)12-27-15-5-3-2-4-6-15;2-1-3/h2-6,9,16-17,24H,7-8,10-12H2,1H3,(H,22,26)(H,20,21,25);1H,(H,2,3)/t16-,17-;/m1./s1. The summed E-state index contributed by atoms with van der Waals surface area (Å²) in [5.41, 5.74) is 0.489. The fraction of sp³-hybridized carbons (Fsp3) is 0.400. The molecule has 10 nitrogen and oxygen atoms in total. The van der Waals surface area contributed by atoms with Crippen molar-refractivity contribution in [3.63, 3.8) is 0 Å². The summed E-state index contributed by atoms with van der Waals surface area (Å²) in [6.07, 6.45) is -0.0806. The zero-order valence-electron chi connectivity index (χ0n) is 16.7. The molecule has 2 atom stereocenters. The van der Waals surface area contributed by atoms with Crippen molar-refractivity contribution in [3.05, 3.63) is 58.3 Å². The highest BCUT2D eigenvalue weighted by molar-refractivity contribution is 5.78. The first-order valence-electron chi connectivity index (χ1n) is 9.43. The van der Waals surface area contributed by atoms with Crippen LogP contribution in [0.3, 0.4) is 0 Å². The molecule has 0 spiro atoms. The summed E-state index contributed by atoms with van der Waals surface area (Å²) < 4.78 is 5.44. The van der Waals surface area contributed by atoms with E-state index in [4.69, 9.17) is 14.6 Å². The molecule has 1 saturated heterocycles. The Balaban J connectivity index is 0.00000101. The molecule has 2 heterocycles. The van der Waals surface area contributed by atoms with Gasteiger partial charge in [-0.1, -0.05) is 18.2 Å². The van der Waals surface area contributed by atoms with E-state index in [0.717, 1.165) is 0 Å². The molecule has 0 unspecified atom stereocenters. The van der Waals surface area contributed by atoms with Crippen LogP contribution in [0.1, 0.15) is 17.9 Å². The Morgan fingerprint density at radius 1 is 1.40 bits per heavy atom. The maximum atomic E-state index is 12.2. The highest BCUT2D eigenvalue weighted by Crippen LogP contribution is 2.14. The Bertz CT molecular complexity index is 873. The van der Waals surface area contributed by atoms with Gasteiger partial charge in [0.15, 0.2) is 6.61 Å². The molecule has 1 aromatic heterocycles. The second-order valence-electron chi connectivity index (χ2n) is 6.79. The largest absolute Gasteiger partial charge is 0.484 e. The number of carbonyl (C=O) groups excluding carboxylic acids is 1. The van der Waals surface area contributed by atoms with Crippen LogP contribution in [-0.4, -0.2) is 69.3 Å². The fourth-order valence-electron chi connectivity index (χ4n) is 3.16. The third-order valence-corrected chi connectivity index (χ3v) is 4.42. The molecule has 162 valence electrons. The maximum absolute atomic E-state index is 12.2. The van der Waals surface area contributed by atoms with Crippen molar-refractivity contribution in [2.45, 2.75) is 32.0 Å². The van der Waals surface area contributed by atoms with Gasteiger partial charge < -0.3 is 25.3 Å². The van der Waals surface area contributed by atoms with Crippen molar-refractivity contribution < 1.29 is 24.5 Å². The van der Waals surface area contributed by atoms with Gasteiger partial charge in [0.05, 0.1) is 17.8 Å². The van der Waals surface area contributed by atoms with E-state index in [0.29, 0.717) is 43.3 Å². The lowest BCUT2D eigenvalue weighted by Crippen LogP contribution is -2.55. The number of aliphatic hydroxyl groups is 1. The first-order chi connectivity index (χ1) is 14.4. The Kier molecular flexibility index (Phi) is 8.98. The van der Waals surface area contributed by atoms with Crippen molar-refractivity contribution in [2.75, 3.05) is 19.7 Å². The second kappa shape index (κ2) is 11.7. The normalized spacial score (nSPS) is 18.6. The highest BCUT2D eigenvalue weighted by Gasteiger charge is 2.29. The monoisotopic (exact) mass is 418 g/mol. The van der Waals surface area contributed by atoms with Gasteiger partial charge in [-0.05, 0) is 25.5 Å². The van der Waals surface area contributed by atoms with E-state index < -0.39 is 12.1 Å². The Morgan fingerprint density at radius 3 is 2.77 bits per heavy atom. The topological polar surface area (TPSA) is 145 Å². The Hall–Kier alpha value is -3.24. The molecule has 0 saturated carbocycles. The van der Waals surface area contributed by atoms with Gasteiger partial charge in [0.25, 0.3) is 17.9 Å². The number of benzene rings is 1. The average molecular weight is 418 g/mol. The molecule has 2 aromatic rings. The molecule has 3 rings (SSSR count). The summed E-state index contributed by atoms with van der Waals surface area (Å²) in [6, 6.07) is 10.2. The number of aryl methyl sites for hydroxylation is 1. The third-order valence-electron chi connectivity index (χ3n) is 4.42. The number of carbonyl (C=O) groups is 2. The van der Waals surface area contributed by atoms with Crippen LogP contribution in [0.5, 0.6) is 5.75 Å². The zero-order chi connectivity index (χ0) is 21.9. The number of nitrogens with one attached hydrogen (secondary N) is 2. The molecular formula is C20H26N4O6. The third kappa shape index (κ3) is 7.64. The van der Waals surface area contributed by atoms with Crippen molar-refractivity contribution >= 4 is 12.4 Å². The molecule has 10 heteroatoms. The Morgan fingerprint density at radius 2 is 2.10 bits per heavy atom. The second-order valence-corrected chi connectivity index (χ2v) is 6.79. The quantitative estimate of drug-likeness (QED) is 0.476. The molecule has 1 aliphatic heterocycles. The van der Waals surface area contributed by atoms with Gasteiger partial charge in [-0.2, -0.15) is 0 Å².